The van der Waals surface area contributed by atoms with E-state index in [2.05, 4.69) is 0 Å². The molecule has 0 bridgehead atoms. The molecule has 20 rings (SSSR count). The Morgan fingerprint density at radius 2 is 0.531 bits per heavy atom. The first-order chi connectivity index (χ1) is 78.1. The van der Waals surface area contributed by atoms with Gasteiger partial charge in [-0.1, -0.05) is 372 Å². The van der Waals surface area contributed by atoms with Gasteiger partial charge in [-0.3, -0.25) is 0 Å². The average Bonchev–Trinajstić information content (AvgIpc) is 0.864. The number of anilines is 6. The van der Waals surface area contributed by atoms with Crippen molar-refractivity contribution in [3.05, 3.63) is 347 Å². The molecule has 0 spiro atoms. The van der Waals surface area contributed by atoms with E-state index in [1.165, 1.54) is 58.3 Å². The van der Waals surface area contributed by atoms with Gasteiger partial charge in [0.25, 0.3) is 6.71 Å². The lowest BCUT2D eigenvalue weighted by Gasteiger charge is -2.46. The van der Waals surface area contributed by atoms with Gasteiger partial charge >= 0.3 is 0 Å². The van der Waals surface area contributed by atoms with Crippen LogP contribution >= 0.6 is 0 Å². The van der Waals surface area contributed by atoms with E-state index >= 15 is 0 Å². The minimum atomic E-state index is -1.84. The highest BCUT2D eigenvalue weighted by atomic mass is 15.2. The topological polar surface area (TPSA) is 21.3 Å². The molecule has 0 saturated carbocycles. The standard InChI is InChI=1S/C122H122BN5/c1-115(2,3)77-56-52-75(53-57-77)92-66-80(118(10,11)12)68-94(85-63-60-79(117(7,8)9)70-98(85)122(22,23)24)113(92)127-107-71-82(124-101-46-31-25-38-86(101)87-39-26-32-47-102(87)124)61-64-99(107)123-100-65-62-83(125-103-48-33-27-40-88(103)89-41-28-34-49-104(89)125)72-108(100)128(110-74-84(73-109(127)112(110)123)126-105-50-35-29-42-90(105)91-43-30-36-51-106(91)126)114-93(76-54-58-78(59-55-76)116(4,5)6)67-81(119(13,14)15)69-95(114)111-96(120(16,17)18)44-37-45-97(111)121(19,20)21/h25-74H,1-24H3/i25D,26D,27D,28D,29D,30D,31D,32D,33D,34D,35D,36D,37D,38D,39D,40D,41D,42D,43D,44D,45D,46D,47D,48D,49D,50D,51D,52D,53D,54D,55D,56D,57D,58D,59D,60D,63D,66D,67D,68D,69D,70D. The zero-order valence-corrected chi connectivity index (χ0v) is 76.4. The Balaban J connectivity index is 1.21. The fourth-order valence-electron chi connectivity index (χ4n) is 17.8. The van der Waals surface area contributed by atoms with Crippen molar-refractivity contribution < 1.29 is 57.6 Å². The first-order valence-corrected chi connectivity index (χ1v) is 43.1. The quantitative estimate of drug-likeness (QED) is 0.134. The molecule has 18 aromatic rings. The van der Waals surface area contributed by atoms with E-state index in [4.69, 9.17) is 0 Å². The molecule has 15 aromatic carbocycles. The van der Waals surface area contributed by atoms with E-state index in [0.717, 1.165) is 13.7 Å². The molecule has 0 amide bonds. The summed E-state index contributed by atoms with van der Waals surface area (Å²) in [5, 5.41) is -3.01. The number of hydrogen-bond acceptors (Lipinski definition) is 2. The lowest BCUT2D eigenvalue weighted by Crippen LogP contribution is -2.61. The first kappa shape index (κ1) is 48.5. The Kier molecular flexibility index (Phi) is 11.2. The zero-order valence-electron chi connectivity index (χ0n) is 118. The van der Waals surface area contributed by atoms with Crippen LogP contribution in [-0.2, 0) is 43.3 Å². The predicted octanol–water partition coefficient (Wildman–Crippen LogP) is 32.1. The number of nitrogens with zero attached hydrogens (tertiary/aromatic N) is 5. The van der Waals surface area contributed by atoms with Gasteiger partial charge in [-0.2, -0.15) is 0 Å². The van der Waals surface area contributed by atoms with Gasteiger partial charge in [-0.15, -0.1) is 0 Å². The lowest BCUT2D eigenvalue weighted by atomic mass is 9.33. The summed E-state index contributed by atoms with van der Waals surface area (Å²) in [5.41, 5.74) is -25.1. The van der Waals surface area contributed by atoms with E-state index in [-0.39, 0.29) is 95.3 Å². The van der Waals surface area contributed by atoms with Crippen LogP contribution in [-0.4, -0.2) is 20.4 Å². The molecule has 128 heavy (non-hydrogen) atoms. The summed E-state index contributed by atoms with van der Waals surface area (Å²) in [6.07, 6.45) is 0. The second kappa shape index (κ2) is 29.5. The highest BCUT2D eigenvalue weighted by Crippen LogP contribution is 2.59. The maximum atomic E-state index is 12.1. The van der Waals surface area contributed by atoms with Crippen molar-refractivity contribution in [3.63, 3.8) is 0 Å². The molecule has 5 heterocycles. The van der Waals surface area contributed by atoms with E-state index in [0.29, 0.717) is 0 Å². The Labute approximate surface area is 818 Å². The number of hydrogen-bond donors (Lipinski definition) is 0. The second-order valence-corrected chi connectivity index (χ2v) is 41.8. The molecule has 0 saturated heterocycles. The SMILES string of the molecule is [2H]c1c([2H])c(C(C)(C)C)c(-c2c([2H])c(C(C)(C)C)c([2H])c(-c3c([2H])c([2H])c(C(C)(C)C)c([2H])c3[2H])c2N2c3cc(-n4c5c([2H])c([2H])c([2H])c([2H])c5c5c([2H])c([2H])c([2H])c([2H])c54)ccc3B3c4ccc(-n5c6c([2H])c([2H])c([2H])c([2H])c6c6c([2H])c([2H])c([2H])c([2H])c65)cc4N(c4c(-c5c([2H])c([2H])c(C(C)(C)C)c([2H])c5[2H])c([2H])c(C(C)(C)C)c([2H])c4-c4c([2H])c([2H])c(C(C)(C)C)c([2H])c4C(C)(C)C)c4cc(-n5c6c([2H])c([2H])c([2H])c([2H])c6c6c([2H])c([2H])c([2H])c([2H])c65)cc2c43)c(C(C)(C)C)c1[2H]. The van der Waals surface area contributed by atoms with Crippen molar-refractivity contribution in [1.82, 2.24) is 13.7 Å². The summed E-state index contributed by atoms with van der Waals surface area (Å²) >= 11 is 0. The van der Waals surface area contributed by atoms with Gasteiger partial charge in [0, 0.05) is 88.7 Å². The van der Waals surface area contributed by atoms with Crippen molar-refractivity contribution in [2.45, 2.75) is 209 Å². The predicted molar refractivity (Wildman–Crippen MR) is 555 cm³/mol. The van der Waals surface area contributed by atoms with Crippen LogP contribution in [0.1, 0.15) is 268 Å². The molecule has 3 aromatic heterocycles. The monoisotopic (exact) mass is 1710 g/mol. The Hall–Kier alpha value is -12.6. The lowest BCUT2D eigenvalue weighted by molar-refractivity contribution is 0.569. The molecule has 2 aliphatic rings. The minimum absolute atomic E-state index is 0.0115. The third-order valence-electron chi connectivity index (χ3n) is 24.2. The molecular formula is C122H122BN5. The Morgan fingerprint density at radius 3 is 0.867 bits per heavy atom. The van der Waals surface area contributed by atoms with Crippen LogP contribution in [0.25, 0.3) is 127 Å². The summed E-state index contributed by atoms with van der Waals surface area (Å²) in [6.45, 7) is 38.3. The maximum absolute atomic E-state index is 12.1. The van der Waals surface area contributed by atoms with Crippen molar-refractivity contribution in [1.29, 1.82) is 0 Å². The molecular weight excluding hydrogens is 1550 g/mol. The van der Waals surface area contributed by atoms with Crippen LogP contribution in [0, 0.1) is 0 Å². The number of para-hydroxylation sites is 6. The first-order valence-electron chi connectivity index (χ1n) is 64.1. The van der Waals surface area contributed by atoms with Gasteiger partial charge in [0.2, 0.25) is 0 Å². The van der Waals surface area contributed by atoms with Gasteiger partial charge < -0.3 is 23.5 Å². The second-order valence-electron chi connectivity index (χ2n) is 41.8. The summed E-state index contributed by atoms with van der Waals surface area (Å²) in [4.78, 5) is 2.74. The van der Waals surface area contributed by atoms with E-state index < -0.39 is 431 Å². The van der Waals surface area contributed by atoms with Crippen LogP contribution in [0.5, 0.6) is 0 Å². The van der Waals surface area contributed by atoms with Crippen LogP contribution in [0.3, 0.4) is 0 Å². The summed E-state index contributed by atoms with van der Waals surface area (Å²) in [5.74, 6) is 0. The molecule has 0 atom stereocenters. The maximum Gasteiger partial charge on any atom is 0.252 e. The van der Waals surface area contributed by atoms with Gasteiger partial charge in [-0.05, 0) is 223 Å². The minimum Gasteiger partial charge on any atom is -0.310 e. The summed E-state index contributed by atoms with van der Waals surface area (Å²) < 4.78 is 442. The molecule has 2 aliphatic heterocycles. The van der Waals surface area contributed by atoms with Crippen molar-refractivity contribution in [3.8, 4) is 61.6 Å². The smallest absolute Gasteiger partial charge is 0.252 e. The van der Waals surface area contributed by atoms with Crippen molar-refractivity contribution in [2.75, 3.05) is 9.80 Å². The fraction of sp³-hybridized carbons (Fsp3) is 0.262. The molecule has 0 fully saturated rings. The molecule has 0 aliphatic carbocycles. The van der Waals surface area contributed by atoms with E-state index in [9.17, 15) is 57.6 Å². The third-order valence-corrected chi connectivity index (χ3v) is 24.2. The van der Waals surface area contributed by atoms with E-state index in [1.807, 2.05) is 0 Å². The molecule has 6 heteroatoms. The molecule has 0 N–H and O–H groups in total. The molecule has 5 nitrogen and oxygen atoms in total. The van der Waals surface area contributed by atoms with Crippen molar-refractivity contribution >= 4 is 123 Å². The largest absolute Gasteiger partial charge is 0.310 e. The van der Waals surface area contributed by atoms with Crippen LogP contribution < -0.4 is 26.2 Å². The van der Waals surface area contributed by atoms with E-state index in [1.54, 1.807) is 166 Å². The van der Waals surface area contributed by atoms with Gasteiger partial charge in [0.15, 0.2) is 0 Å². The van der Waals surface area contributed by atoms with Crippen molar-refractivity contribution in [2.24, 2.45) is 0 Å². The van der Waals surface area contributed by atoms with Crippen LogP contribution in [0.4, 0.5) is 34.1 Å². The Morgan fingerprint density at radius 1 is 0.234 bits per heavy atom. The molecule has 0 unspecified atom stereocenters. The number of aromatic nitrogens is 3. The number of benzene rings is 15. The average molecular weight is 1710 g/mol. The fourth-order valence-corrected chi connectivity index (χ4v) is 17.8. The van der Waals surface area contributed by atoms with Gasteiger partial charge in [0.1, 0.15) is 0 Å². The number of fused-ring (bicyclic) bond motifs is 13. The summed E-state index contributed by atoms with van der Waals surface area (Å²) in [7, 11) is 0. The van der Waals surface area contributed by atoms with Gasteiger partial charge in [0.05, 0.1) is 108 Å². The molecule has 0 radical (unpaired) electrons. The summed E-state index contributed by atoms with van der Waals surface area (Å²) in [6, 6.07) is -22.8. The van der Waals surface area contributed by atoms with Crippen LogP contribution in [0.2, 0.25) is 0 Å². The van der Waals surface area contributed by atoms with Crippen LogP contribution in [0.15, 0.2) is 302 Å². The highest BCUT2D eigenvalue weighted by molar-refractivity contribution is 7.00. The number of rotatable bonds is 9. The highest BCUT2D eigenvalue weighted by Gasteiger charge is 2.48. The molecule has 638 valence electrons. The third kappa shape index (κ3) is 13.8. The normalized spacial score (nSPS) is 18.2. The Bertz CT molecular complexity index is 9910. The van der Waals surface area contributed by atoms with Gasteiger partial charge in [-0.25, -0.2) is 0 Å². The zero-order chi connectivity index (χ0) is 126.